The third-order valence-electron chi connectivity index (χ3n) is 2.71. The molecule has 0 aliphatic carbocycles. The van der Waals surface area contributed by atoms with Gasteiger partial charge in [-0.1, -0.05) is 0 Å². The highest BCUT2D eigenvalue weighted by Crippen LogP contribution is 1.99. The van der Waals surface area contributed by atoms with E-state index >= 15 is 0 Å². The van der Waals surface area contributed by atoms with Crippen LogP contribution in [0.3, 0.4) is 0 Å². The molecule has 2 unspecified atom stereocenters. The topological polar surface area (TPSA) is 132 Å². The predicted molar refractivity (Wildman–Crippen MR) is 81.8 cm³/mol. The Labute approximate surface area is 124 Å². The average molecular weight is 304 g/mol. The first-order valence-electron chi connectivity index (χ1n) is 6.34. The van der Waals surface area contributed by atoms with Gasteiger partial charge in [-0.3, -0.25) is 15.0 Å². The monoisotopic (exact) mass is 304 g/mol. The highest BCUT2D eigenvalue weighted by atomic mass is 32.1. The molecular weight excluding hydrogens is 280 g/mol. The molecule has 2 atom stereocenters. The summed E-state index contributed by atoms with van der Waals surface area (Å²) in [4.78, 5) is 23.6. The Morgan fingerprint density at radius 1 is 1.25 bits per heavy atom. The number of hydrogen-bond acceptors (Lipinski definition) is 5. The third-order valence-corrected chi connectivity index (χ3v) is 3.08. The van der Waals surface area contributed by atoms with Crippen LogP contribution in [-0.2, 0) is 9.59 Å². The summed E-state index contributed by atoms with van der Waals surface area (Å²) < 4.78 is 0. The van der Waals surface area contributed by atoms with Gasteiger partial charge in [0.15, 0.2) is 5.96 Å². The van der Waals surface area contributed by atoms with Crippen LogP contribution >= 0.6 is 12.6 Å². The van der Waals surface area contributed by atoms with Crippen LogP contribution in [0.15, 0.2) is 0 Å². The van der Waals surface area contributed by atoms with Gasteiger partial charge in [-0.05, 0) is 19.9 Å². The first-order valence-corrected chi connectivity index (χ1v) is 6.97. The van der Waals surface area contributed by atoms with E-state index in [0.29, 0.717) is 25.1 Å². The minimum atomic E-state index is -0.614. The van der Waals surface area contributed by atoms with Crippen molar-refractivity contribution >= 4 is 30.4 Å². The predicted octanol–water partition coefficient (Wildman–Crippen LogP) is -2.00. The first kappa shape index (κ1) is 18.5. The van der Waals surface area contributed by atoms with Crippen LogP contribution in [0.2, 0.25) is 0 Å². The summed E-state index contributed by atoms with van der Waals surface area (Å²) in [6.45, 7) is 0.473. The van der Waals surface area contributed by atoms with Crippen molar-refractivity contribution in [1.29, 1.82) is 5.41 Å². The smallest absolute Gasteiger partial charge is 0.242 e. The lowest BCUT2D eigenvalue weighted by Gasteiger charge is -2.20. The van der Waals surface area contributed by atoms with Crippen LogP contribution in [0.5, 0.6) is 0 Å². The number of carbonyl (C=O) groups excluding carboxylic acids is 2. The zero-order valence-corrected chi connectivity index (χ0v) is 12.7. The van der Waals surface area contributed by atoms with Crippen molar-refractivity contribution < 1.29 is 9.59 Å². The summed E-state index contributed by atoms with van der Waals surface area (Å²) in [6.07, 6.45) is 1.05. The Morgan fingerprint density at radius 2 is 1.90 bits per heavy atom. The number of guanidine groups is 1. The molecule has 0 saturated carbocycles. The molecule has 0 aromatic rings. The highest BCUT2D eigenvalue weighted by Gasteiger charge is 2.22. The van der Waals surface area contributed by atoms with E-state index in [1.807, 2.05) is 0 Å². The Morgan fingerprint density at radius 3 is 2.35 bits per heavy atom. The Bertz CT molecular complexity index is 335. The van der Waals surface area contributed by atoms with Gasteiger partial charge in [0.2, 0.25) is 11.8 Å². The van der Waals surface area contributed by atoms with Gasteiger partial charge < -0.3 is 27.0 Å². The lowest BCUT2D eigenvalue weighted by atomic mass is 10.1. The first-order chi connectivity index (χ1) is 9.46. The van der Waals surface area contributed by atoms with Gasteiger partial charge in [0.1, 0.15) is 6.04 Å². The van der Waals surface area contributed by atoms with Crippen molar-refractivity contribution in [2.45, 2.75) is 24.9 Å². The Hall–Kier alpha value is -1.48. The fraction of sp³-hybridized carbons (Fsp3) is 0.727. The number of hydrogen-bond donors (Lipinski definition) is 7. The van der Waals surface area contributed by atoms with Crippen molar-refractivity contribution in [3.63, 3.8) is 0 Å². The lowest BCUT2D eigenvalue weighted by Crippen LogP contribution is -2.52. The van der Waals surface area contributed by atoms with Gasteiger partial charge in [-0.2, -0.15) is 12.6 Å². The van der Waals surface area contributed by atoms with Crippen LogP contribution in [-0.4, -0.2) is 56.3 Å². The molecule has 116 valence electrons. The zero-order chi connectivity index (χ0) is 15.5. The highest BCUT2D eigenvalue weighted by molar-refractivity contribution is 7.80. The van der Waals surface area contributed by atoms with E-state index in [2.05, 4.69) is 33.9 Å². The molecule has 7 N–H and O–H groups in total. The molecule has 0 bridgehead atoms. The van der Waals surface area contributed by atoms with Gasteiger partial charge in [-0.25, -0.2) is 0 Å². The van der Waals surface area contributed by atoms with E-state index in [9.17, 15) is 9.59 Å². The molecule has 0 saturated heterocycles. The van der Waals surface area contributed by atoms with Gasteiger partial charge in [0.25, 0.3) is 0 Å². The van der Waals surface area contributed by atoms with Crippen molar-refractivity contribution in [1.82, 2.24) is 21.3 Å². The summed E-state index contributed by atoms with van der Waals surface area (Å²) >= 11 is 4.07. The van der Waals surface area contributed by atoms with Crippen LogP contribution in [0.1, 0.15) is 12.8 Å². The molecule has 8 nitrogen and oxygen atoms in total. The summed E-state index contributed by atoms with van der Waals surface area (Å²) in [7, 11) is 3.18. The van der Waals surface area contributed by atoms with Crippen molar-refractivity contribution in [3.05, 3.63) is 0 Å². The largest absolute Gasteiger partial charge is 0.370 e. The summed E-state index contributed by atoms with van der Waals surface area (Å²) in [5.41, 5.74) is 5.16. The maximum atomic E-state index is 11.9. The molecule has 0 spiro atoms. The number of carbonyl (C=O) groups is 2. The van der Waals surface area contributed by atoms with Gasteiger partial charge in [-0.15, -0.1) is 0 Å². The second kappa shape index (κ2) is 10.3. The zero-order valence-electron chi connectivity index (χ0n) is 11.8. The van der Waals surface area contributed by atoms with Crippen molar-refractivity contribution in [3.8, 4) is 0 Å². The molecule has 0 aromatic heterocycles. The van der Waals surface area contributed by atoms with Gasteiger partial charge in [0, 0.05) is 19.3 Å². The second-order valence-corrected chi connectivity index (χ2v) is 4.55. The molecule has 0 radical (unpaired) electrons. The van der Waals surface area contributed by atoms with Crippen LogP contribution in [0.4, 0.5) is 0 Å². The van der Waals surface area contributed by atoms with E-state index in [0.717, 1.165) is 0 Å². The SMILES string of the molecule is CNC(=O)C(CCCNC(=N)N)NC(=O)C(CS)NC. The number of nitrogens with one attached hydrogen (secondary N) is 5. The van der Waals surface area contributed by atoms with E-state index in [1.165, 1.54) is 7.05 Å². The van der Waals surface area contributed by atoms with Gasteiger partial charge >= 0.3 is 0 Å². The maximum Gasteiger partial charge on any atom is 0.242 e. The van der Waals surface area contributed by atoms with Crippen molar-refractivity contribution in [2.24, 2.45) is 5.73 Å². The normalized spacial score (nSPS) is 13.2. The molecule has 0 rings (SSSR count). The number of thiol groups is 1. The molecule has 20 heavy (non-hydrogen) atoms. The third kappa shape index (κ3) is 7.19. The molecule has 0 aliphatic heterocycles. The molecule has 0 heterocycles. The van der Waals surface area contributed by atoms with E-state index in [1.54, 1.807) is 7.05 Å². The number of nitrogens with two attached hydrogens (primary N) is 1. The molecule has 2 amide bonds. The fourth-order valence-corrected chi connectivity index (χ4v) is 1.90. The fourth-order valence-electron chi connectivity index (χ4n) is 1.55. The summed E-state index contributed by atoms with van der Waals surface area (Å²) in [5.74, 6) is -0.295. The van der Waals surface area contributed by atoms with E-state index < -0.39 is 12.1 Å². The summed E-state index contributed by atoms with van der Waals surface area (Å²) in [6, 6.07) is -1.06. The quantitative estimate of drug-likeness (QED) is 0.115. The van der Waals surface area contributed by atoms with Gasteiger partial charge in [0.05, 0.1) is 6.04 Å². The minimum absolute atomic E-state index is 0.115. The summed E-state index contributed by atoms with van der Waals surface area (Å²) in [5, 5.41) is 17.7. The standard InChI is InChI=1S/C11H24N6O2S/c1-14-8(6-20)10(19)17-7(9(18)15-2)4-3-5-16-11(12)13/h7-8,14,20H,3-6H2,1-2H3,(H,15,18)(H,17,19)(H4,12,13,16). The Kier molecular flexibility index (Phi) is 9.56. The number of likely N-dealkylation sites (N-methyl/N-ethyl adjacent to an activating group) is 2. The van der Waals surface area contributed by atoms with Crippen LogP contribution < -0.4 is 27.0 Å². The lowest BCUT2D eigenvalue weighted by molar-refractivity contribution is -0.129. The molecule has 0 aliphatic rings. The molecular formula is C11H24N6O2S. The number of amides is 2. The molecule has 9 heteroatoms. The van der Waals surface area contributed by atoms with Crippen LogP contribution in [0.25, 0.3) is 0 Å². The maximum absolute atomic E-state index is 11.9. The Balaban J connectivity index is 4.38. The minimum Gasteiger partial charge on any atom is -0.370 e. The van der Waals surface area contributed by atoms with Crippen molar-refractivity contribution in [2.75, 3.05) is 26.4 Å². The van der Waals surface area contributed by atoms with Crippen LogP contribution in [0, 0.1) is 5.41 Å². The average Bonchev–Trinajstić information content (AvgIpc) is 2.42. The number of rotatable bonds is 9. The molecule has 0 aromatic carbocycles. The van der Waals surface area contributed by atoms with E-state index in [-0.39, 0.29) is 17.8 Å². The second-order valence-electron chi connectivity index (χ2n) is 4.18. The van der Waals surface area contributed by atoms with E-state index in [4.69, 9.17) is 11.1 Å². The molecule has 0 fully saturated rings.